The molecule has 1 aliphatic heterocycles. The van der Waals surface area contributed by atoms with Gasteiger partial charge in [0.05, 0.1) is 30.7 Å². The molecule has 1 saturated heterocycles. The van der Waals surface area contributed by atoms with Crippen LogP contribution in [0.4, 0.5) is 0 Å². The molecule has 1 aliphatic rings. The van der Waals surface area contributed by atoms with E-state index in [4.69, 9.17) is 0 Å². The van der Waals surface area contributed by atoms with Crippen molar-refractivity contribution in [3.63, 3.8) is 0 Å². The molecule has 0 bridgehead atoms. The van der Waals surface area contributed by atoms with Crippen LogP contribution in [0, 0.1) is 39.2 Å². The highest BCUT2D eigenvalue weighted by Crippen LogP contribution is 2.47. The first-order valence-corrected chi connectivity index (χ1v) is 10.5. The lowest BCUT2D eigenvalue weighted by Crippen LogP contribution is -2.52. The van der Waals surface area contributed by atoms with E-state index in [1.807, 2.05) is 41.5 Å². The van der Waals surface area contributed by atoms with E-state index in [1.54, 1.807) is 6.92 Å². The number of carbonyl (C=O) groups excluding carboxylic acids is 4. The monoisotopic (exact) mass is 421 g/mol. The van der Waals surface area contributed by atoms with Crippen molar-refractivity contribution in [2.75, 3.05) is 0 Å². The number of amides is 4. The van der Waals surface area contributed by atoms with Crippen LogP contribution in [0.15, 0.2) is 0 Å². The van der Waals surface area contributed by atoms with Crippen LogP contribution in [0.5, 0.6) is 0 Å². The van der Waals surface area contributed by atoms with Gasteiger partial charge >= 0.3 is 17.7 Å². The molecular formula is C22H35N3O5. The van der Waals surface area contributed by atoms with E-state index < -0.39 is 33.2 Å². The molecule has 168 valence electrons. The van der Waals surface area contributed by atoms with Crippen molar-refractivity contribution in [1.29, 1.82) is 5.26 Å². The molecule has 0 saturated carbocycles. The lowest BCUT2D eigenvalue weighted by molar-refractivity contribution is -0.641. The number of imide groups is 3. The van der Waals surface area contributed by atoms with Gasteiger partial charge in [-0.2, -0.15) is 9.91 Å². The third-order valence-corrected chi connectivity index (χ3v) is 6.49. The Morgan fingerprint density at radius 1 is 1.13 bits per heavy atom. The second-order valence-electron chi connectivity index (χ2n) is 9.84. The molecule has 0 aliphatic carbocycles. The number of likely N-dealkylation sites (tertiary alicyclic amines) is 1. The van der Waals surface area contributed by atoms with Crippen LogP contribution in [0.25, 0.3) is 0 Å². The molecule has 0 radical (unpaired) electrons. The van der Waals surface area contributed by atoms with Gasteiger partial charge in [-0.3, -0.25) is 4.79 Å². The normalized spacial score (nSPS) is 19.5. The molecule has 1 N–H and O–H groups in total. The van der Waals surface area contributed by atoms with Crippen molar-refractivity contribution in [3.05, 3.63) is 5.21 Å². The van der Waals surface area contributed by atoms with Crippen LogP contribution >= 0.6 is 0 Å². The van der Waals surface area contributed by atoms with Gasteiger partial charge in [-0.05, 0) is 44.9 Å². The van der Waals surface area contributed by atoms with Gasteiger partial charge in [-0.15, -0.1) is 0 Å². The molecule has 8 heteroatoms. The fourth-order valence-electron chi connectivity index (χ4n) is 3.80. The zero-order valence-electron chi connectivity index (χ0n) is 19.2. The number of carbonyl (C=O) groups is 4. The Morgan fingerprint density at radius 3 is 2.03 bits per heavy atom. The van der Waals surface area contributed by atoms with Gasteiger partial charge in [0.1, 0.15) is 0 Å². The summed E-state index contributed by atoms with van der Waals surface area (Å²) in [6, 6.07) is 2.26. The summed E-state index contributed by atoms with van der Waals surface area (Å²) in [6.45, 7) is 13.1. The zero-order chi connectivity index (χ0) is 23.5. The van der Waals surface area contributed by atoms with E-state index >= 15 is 0 Å². The molecular weight excluding hydrogens is 386 g/mol. The maximum absolute atomic E-state index is 12.7. The molecule has 0 aromatic rings. The van der Waals surface area contributed by atoms with E-state index in [2.05, 4.69) is 11.4 Å². The number of hydrogen-bond acceptors (Lipinski definition) is 6. The van der Waals surface area contributed by atoms with Gasteiger partial charge in [-0.25, -0.2) is 14.4 Å². The van der Waals surface area contributed by atoms with Gasteiger partial charge in [0.25, 0.3) is 0 Å². The predicted octanol–water partition coefficient (Wildman–Crippen LogP) is 3.20. The first-order valence-electron chi connectivity index (χ1n) is 10.5. The van der Waals surface area contributed by atoms with E-state index in [9.17, 15) is 29.6 Å². The van der Waals surface area contributed by atoms with Gasteiger partial charge in [0, 0.05) is 12.0 Å². The van der Waals surface area contributed by atoms with Crippen LogP contribution in [0.3, 0.4) is 0 Å². The van der Waals surface area contributed by atoms with Gasteiger partial charge in [-0.1, -0.05) is 27.7 Å². The van der Waals surface area contributed by atoms with E-state index in [-0.39, 0.29) is 49.5 Å². The minimum Gasteiger partial charge on any atom is -0.610 e. The van der Waals surface area contributed by atoms with Gasteiger partial charge in [0.2, 0.25) is 5.91 Å². The lowest BCUT2D eigenvalue weighted by Gasteiger charge is -2.42. The van der Waals surface area contributed by atoms with E-state index in [1.165, 1.54) is 0 Å². The number of quaternary nitrogens is 1. The topological polar surface area (TPSA) is 127 Å². The van der Waals surface area contributed by atoms with Gasteiger partial charge < -0.3 is 10.5 Å². The smallest absolute Gasteiger partial charge is 0.329 e. The summed E-state index contributed by atoms with van der Waals surface area (Å²) in [5, 5.41) is 25.4. The fourth-order valence-corrected chi connectivity index (χ4v) is 3.80. The van der Waals surface area contributed by atoms with Crippen LogP contribution in [-0.2, 0) is 19.2 Å². The maximum atomic E-state index is 12.7. The first-order chi connectivity index (χ1) is 13.6. The third-order valence-electron chi connectivity index (χ3n) is 6.49. The Balaban J connectivity index is 3.02. The Bertz CT molecular complexity index is 734. The standard InChI is InChI=1S/C22H35N3O5/c1-14(2)16(20(29)24-15(3)4)12-21(5,6)22(7,13-23)11-10-19(28)25(30)17(26)8-9-18(25)27/h14-16H,8-12H2,1-7H3,(H,24,29). The summed E-state index contributed by atoms with van der Waals surface area (Å²) >= 11 is 0. The molecule has 8 nitrogen and oxygen atoms in total. The highest BCUT2D eigenvalue weighted by molar-refractivity contribution is 6.02. The highest BCUT2D eigenvalue weighted by Gasteiger charge is 2.50. The summed E-state index contributed by atoms with van der Waals surface area (Å²) in [5.74, 6) is -3.26. The predicted molar refractivity (Wildman–Crippen MR) is 111 cm³/mol. The minimum atomic E-state index is -2.05. The van der Waals surface area contributed by atoms with Crippen molar-refractivity contribution in [2.24, 2.45) is 22.7 Å². The number of nitrogens with zero attached hydrogens (tertiary/aromatic N) is 2. The third kappa shape index (κ3) is 5.13. The average molecular weight is 422 g/mol. The number of hydrogen-bond donors (Lipinski definition) is 1. The van der Waals surface area contributed by atoms with Crippen molar-refractivity contribution in [2.45, 2.75) is 86.6 Å². The quantitative estimate of drug-likeness (QED) is 0.346. The van der Waals surface area contributed by atoms with Crippen molar-refractivity contribution < 1.29 is 23.8 Å². The van der Waals surface area contributed by atoms with Crippen LogP contribution in [-0.4, -0.2) is 34.3 Å². The Labute approximate surface area is 179 Å². The van der Waals surface area contributed by atoms with Crippen LogP contribution < -0.4 is 5.32 Å². The molecule has 2 atom stereocenters. The Hall–Kier alpha value is -2.11. The van der Waals surface area contributed by atoms with Crippen molar-refractivity contribution in [1.82, 2.24) is 5.32 Å². The SMILES string of the molecule is CC(C)NC(=O)C(CC(C)(C)C(C)(C#N)CCC(=O)[N+]1([O-])C(=O)CCC1=O)C(C)C. The summed E-state index contributed by atoms with van der Waals surface area (Å²) in [7, 11) is 0. The van der Waals surface area contributed by atoms with Crippen molar-refractivity contribution >= 4 is 23.6 Å². The summed E-state index contributed by atoms with van der Waals surface area (Å²) in [5.41, 5.74) is -1.71. The van der Waals surface area contributed by atoms with E-state index in [0.717, 1.165) is 0 Å². The number of nitrogens with one attached hydrogen (secondary N) is 1. The number of hydroxylamine groups is 3. The molecule has 0 spiro atoms. The second kappa shape index (κ2) is 9.36. The Morgan fingerprint density at radius 2 is 1.63 bits per heavy atom. The molecule has 0 aromatic carbocycles. The van der Waals surface area contributed by atoms with Crippen LogP contribution in [0.2, 0.25) is 0 Å². The summed E-state index contributed by atoms with van der Waals surface area (Å²) in [6.07, 6.45) is -0.364. The molecule has 4 amide bonds. The molecule has 1 rings (SSSR count). The molecule has 1 fully saturated rings. The second-order valence-corrected chi connectivity index (χ2v) is 9.84. The molecule has 0 aromatic heterocycles. The zero-order valence-corrected chi connectivity index (χ0v) is 19.2. The number of nitriles is 1. The maximum Gasteiger partial charge on any atom is 0.329 e. The summed E-state index contributed by atoms with van der Waals surface area (Å²) < 4.78 is -2.05. The lowest BCUT2D eigenvalue weighted by atomic mass is 9.60. The van der Waals surface area contributed by atoms with E-state index in [0.29, 0.717) is 6.42 Å². The molecule has 1 heterocycles. The van der Waals surface area contributed by atoms with Crippen molar-refractivity contribution in [3.8, 4) is 6.07 Å². The fraction of sp³-hybridized carbons (Fsp3) is 0.773. The van der Waals surface area contributed by atoms with Crippen LogP contribution in [0.1, 0.15) is 80.6 Å². The molecule has 30 heavy (non-hydrogen) atoms. The number of rotatable bonds is 9. The minimum absolute atomic E-state index is 0.00525. The highest BCUT2D eigenvalue weighted by atomic mass is 16.6. The average Bonchev–Trinajstić information content (AvgIpc) is 2.91. The Kier molecular flexibility index (Phi) is 8.09. The largest absolute Gasteiger partial charge is 0.610 e. The molecule has 2 unspecified atom stereocenters. The first kappa shape index (κ1) is 25.9. The van der Waals surface area contributed by atoms with Gasteiger partial charge in [0.15, 0.2) is 0 Å². The summed E-state index contributed by atoms with van der Waals surface area (Å²) in [4.78, 5) is 48.8.